The summed E-state index contributed by atoms with van der Waals surface area (Å²) in [5.41, 5.74) is 5.07. The maximum atomic E-state index is 6.19. The Balaban J connectivity index is 1.04. The molecule has 194 valence electrons. The summed E-state index contributed by atoms with van der Waals surface area (Å²) in [6.45, 7) is 5.52. The monoisotopic (exact) mass is 486 g/mol. The molecule has 6 rings (SSSR count). The van der Waals surface area contributed by atoms with Crippen molar-refractivity contribution in [2.24, 2.45) is 17.3 Å². The number of ether oxygens (including phenoxy) is 1. The summed E-state index contributed by atoms with van der Waals surface area (Å²) in [5.74, 6) is 3.55. The van der Waals surface area contributed by atoms with Crippen LogP contribution in [0.1, 0.15) is 93.7 Å². The second-order valence-electron chi connectivity index (χ2n) is 12.5. The molecule has 4 aliphatic rings. The highest BCUT2D eigenvalue weighted by Gasteiger charge is 2.54. The summed E-state index contributed by atoms with van der Waals surface area (Å²) in [6, 6.07) is 19.4. The predicted octanol–water partition coefficient (Wildman–Crippen LogP) is 7.00. The van der Waals surface area contributed by atoms with E-state index in [1.165, 1.54) is 69.8 Å². The zero-order chi connectivity index (χ0) is 24.4. The van der Waals surface area contributed by atoms with Crippen LogP contribution in [0.25, 0.3) is 0 Å². The van der Waals surface area contributed by atoms with E-state index in [1.54, 1.807) is 11.1 Å². The summed E-state index contributed by atoms with van der Waals surface area (Å²) in [5, 5.41) is 7.69. The van der Waals surface area contributed by atoms with E-state index in [9.17, 15) is 0 Å². The van der Waals surface area contributed by atoms with Crippen LogP contribution in [0.5, 0.6) is 5.75 Å². The van der Waals surface area contributed by atoms with Crippen LogP contribution in [-0.2, 0) is 13.0 Å². The van der Waals surface area contributed by atoms with Gasteiger partial charge in [0, 0.05) is 18.6 Å². The number of benzene rings is 2. The van der Waals surface area contributed by atoms with Gasteiger partial charge in [0.15, 0.2) is 0 Å². The molecule has 2 N–H and O–H groups in total. The van der Waals surface area contributed by atoms with E-state index in [1.807, 2.05) is 0 Å². The molecule has 0 radical (unpaired) electrons. The lowest BCUT2D eigenvalue weighted by atomic mass is 9.55. The smallest absolute Gasteiger partial charge is 0.119 e. The van der Waals surface area contributed by atoms with Crippen molar-refractivity contribution in [1.82, 2.24) is 10.6 Å². The molecule has 2 aromatic carbocycles. The normalized spacial score (nSPS) is 31.6. The van der Waals surface area contributed by atoms with Crippen molar-refractivity contribution >= 4 is 0 Å². The van der Waals surface area contributed by atoms with E-state index in [-0.39, 0.29) is 0 Å². The first kappa shape index (κ1) is 24.5. The molecule has 5 unspecified atom stereocenters. The van der Waals surface area contributed by atoms with Gasteiger partial charge >= 0.3 is 0 Å². The quantitative estimate of drug-likeness (QED) is 0.374. The molecule has 0 heterocycles. The summed E-state index contributed by atoms with van der Waals surface area (Å²) in [7, 11) is 0. The molecular weight excluding hydrogens is 440 g/mol. The lowest BCUT2D eigenvalue weighted by molar-refractivity contribution is 0.0408. The molecule has 0 amide bonds. The Morgan fingerprint density at radius 2 is 1.78 bits per heavy atom. The van der Waals surface area contributed by atoms with E-state index in [0.29, 0.717) is 11.5 Å². The Morgan fingerprint density at radius 3 is 2.64 bits per heavy atom. The van der Waals surface area contributed by atoms with Gasteiger partial charge in [-0.2, -0.15) is 0 Å². The van der Waals surface area contributed by atoms with E-state index < -0.39 is 0 Å². The Labute approximate surface area is 218 Å². The molecule has 4 aliphatic carbocycles. The number of hydrogen-bond donors (Lipinski definition) is 2. The SMILES string of the molecule is CC12CCC3c4ccc(OCCCNC5CCCC5)cc4CCC3C1CCC2NCc1ccccc1. The predicted molar refractivity (Wildman–Crippen MR) is 148 cm³/mol. The highest BCUT2D eigenvalue weighted by atomic mass is 16.5. The zero-order valence-corrected chi connectivity index (χ0v) is 22.3. The lowest BCUT2D eigenvalue weighted by Crippen LogP contribution is -2.48. The van der Waals surface area contributed by atoms with Gasteiger partial charge in [0.25, 0.3) is 0 Å². The van der Waals surface area contributed by atoms with Crippen molar-refractivity contribution in [3.05, 3.63) is 65.2 Å². The number of nitrogens with one attached hydrogen (secondary N) is 2. The topological polar surface area (TPSA) is 33.3 Å². The van der Waals surface area contributed by atoms with Gasteiger partial charge in [0.2, 0.25) is 0 Å². The van der Waals surface area contributed by atoms with Gasteiger partial charge in [-0.1, -0.05) is 56.2 Å². The van der Waals surface area contributed by atoms with Gasteiger partial charge in [-0.15, -0.1) is 0 Å². The Morgan fingerprint density at radius 1 is 0.917 bits per heavy atom. The highest BCUT2D eigenvalue weighted by Crippen LogP contribution is 2.61. The average molecular weight is 487 g/mol. The third kappa shape index (κ3) is 4.98. The van der Waals surface area contributed by atoms with Gasteiger partial charge in [0.05, 0.1) is 6.61 Å². The van der Waals surface area contributed by atoms with Crippen molar-refractivity contribution < 1.29 is 4.74 Å². The highest BCUT2D eigenvalue weighted by molar-refractivity contribution is 5.41. The Kier molecular flexibility index (Phi) is 7.40. The fourth-order valence-corrected chi connectivity index (χ4v) is 8.52. The summed E-state index contributed by atoms with van der Waals surface area (Å²) < 4.78 is 6.19. The minimum atomic E-state index is 0.447. The van der Waals surface area contributed by atoms with Crippen LogP contribution in [0.3, 0.4) is 0 Å². The third-order valence-electron chi connectivity index (χ3n) is 10.5. The molecule has 0 aromatic heterocycles. The van der Waals surface area contributed by atoms with Gasteiger partial charge in [-0.3, -0.25) is 0 Å². The van der Waals surface area contributed by atoms with Crippen LogP contribution >= 0.6 is 0 Å². The third-order valence-corrected chi connectivity index (χ3v) is 10.5. The molecule has 3 heteroatoms. The number of fused-ring (bicyclic) bond motifs is 5. The van der Waals surface area contributed by atoms with Gasteiger partial charge < -0.3 is 15.4 Å². The van der Waals surface area contributed by atoms with E-state index in [4.69, 9.17) is 4.74 Å². The summed E-state index contributed by atoms with van der Waals surface area (Å²) in [4.78, 5) is 0. The van der Waals surface area contributed by atoms with Crippen LogP contribution in [0.15, 0.2) is 48.5 Å². The molecule has 2 aromatic rings. The average Bonchev–Trinajstić information content (AvgIpc) is 3.55. The second-order valence-corrected chi connectivity index (χ2v) is 12.5. The minimum absolute atomic E-state index is 0.447. The van der Waals surface area contributed by atoms with Crippen molar-refractivity contribution in [2.45, 2.75) is 102 Å². The fraction of sp³-hybridized carbons (Fsp3) is 0.636. The Bertz CT molecular complexity index is 1000. The molecule has 0 spiro atoms. The maximum absolute atomic E-state index is 6.19. The largest absolute Gasteiger partial charge is 0.494 e. The molecule has 3 nitrogen and oxygen atoms in total. The van der Waals surface area contributed by atoms with Crippen LogP contribution in [0.4, 0.5) is 0 Å². The van der Waals surface area contributed by atoms with E-state index >= 15 is 0 Å². The number of hydrogen-bond acceptors (Lipinski definition) is 3. The Hall–Kier alpha value is -1.84. The minimum Gasteiger partial charge on any atom is -0.494 e. The molecule has 0 saturated heterocycles. The van der Waals surface area contributed by atoms with Crippen LogP contribution in [0.2, 0.25) is 0 Å². The van der Waals surface area contributed by atoms with E-state index in [2.05, 4.69) is 66.1 Å². The lowest BCUT2D eigenvalue weighted by Gasteiger charge is -2.51. The molecular formula is C33H46N2O. The van der Waals surface area contributed by atoms with Crippen LogP contribution < -0.4 is 15.4 Å². The molecule has 3 saturated carbocycles. The van der Waals surface area contributed by atoms with Gasteiger partial charge in [-0.25, -0.2) is 0 Å². The first-order valence-electron chi connectivity index (χ1n) is 15.0. The maximum Gasteiger partial charge on any atom is 0.119 e. The zero-order valence-electron chi connectivity index (χ0n) is 22.3. The molecule has 0 bridgehead atoms. The summed E-state index contributed by atoms with van der Waals surface area (Å²) in [6.07, 6.45) is 14.6. The van der Waals surface area contributed by atoms with Crippen LogP contribution in [-0.4, -0.2) is 25.2 Å². The molecule has 3 fully saturated rings. The van der Waals surface area contributed by atoms with E-state index in [0.717, 1.165) is 55.7 Å². The standard InChI is InChI=1S/C33H46N2O/c1-33-19-18-29-28-15-13-27(36-21-7-20-34-26-10-5-6-11-26)22-25(28)12-14-30(29)31(33)16-17-32(33)35-23-24-8-3-2-4-9-24/h2-4,8-9,13,15,22,26,29-32,34-35H,5-7,10-12,14,16-21,23H2,1H3. The molecule has 5 atom stereocenters. The second kappa shape index (κ2) is 10.9. The first-order chi connectivity index (χ1) is 17.7. The van der Waals surface area contributed by atoms with Gasteiger partial charge in [-0.05, 0) is 116 Å². The molecule has 36 heavy (non-hydrogen) atoms. The van der Waals surface area contributed by atoms with Crippen LogP contribution in [0, 0.1) is 17.3 Å². The fourth-order valence-electron chi connectivity index (χ4n) is 8.52. The summed E-state index contributed by atoms with van der Waals surface area (Å²) >= 11 is 0. The van der Waals surface area contributed by atoms with Crippen molar-refractivity contribution in [3.63, 3.8) is 0 Å². The van der Waals surface area contributed by atoms with Crippen molar-refractivity contribution in [3.8, 4) is 5.75 Å². The molecule has 0 aliphatic heterocycles. The van der Waals surface area contributed by atoms with Crippen molar-refractivity contribution in [2.75, 3.05) is 13.2 Å². The number of rotatable bonds is 9. The number of aryl methyl sites for hydroxylation is 1. The van der Waals surface area contributed by atoms with Gasteiger partial charge in [0.1, 0.15) is 5.75 Å². The first-order valence-corrected chi connectivity index (χ1v) is 15.0. The van der Waals surface area contributed by atoms with Crippen molar-refractivity contribution in [1.29, 1.82) is 0 Å².